The lowest BCUT2D eigenvalue weighted by Crippen LogP contribution is -2.30. The number of benzene rings is 2. The van der Waals surface area contributed by atoms with E-state index >= 15 is 0 Å². The average Bonchev–Trinajstić information content (AvgIpc) is 2.81. The van der Waals surface area contributed by atoms with Crippen molar-refractivity contribution in [3.8, 4) is 0 Å². The Hall–Kier alpha value is -2.60. The lowest BCUT2D eigenvalue weighted by molar-refractivity contribution is -0.117. The monoisotopic (exact) mass is 329 g/mol. The molecule has 2 aromatic rings. The quantitative estimate of drug-likeness (QED) is 0.939. The molecule has 1 aliphatic rings. The van der Waals surface area contributed by atoms with Crippen molar-refractivity contribution < 1.29 is 18.3 Å². The Kier molecular flexibility index (Phi) is 3.69. The summed E-state index contributed by atoms with van der Waals surface area (Å²) >= 11 is 0. The van der Waals surface area contributed by atoms with Crippen LogP contribution in [0.4, 0.5) is 5.69 Å². The molecule has 0 spiro atoms. The smallest absolute Gasteiger partial charge is 0.295 e. The van der Waals surface area contributed by atoms with Crippen molar-refractivity contribution in [2.24, 2.45) is 0 Å². The number of sulfone groups is 1. The van der Waals surface area contributed by atoms with Gasteiger partial charge in [-0.25, -0.2) is 8.42 Å². The van der Waals surface area contributed by atoms with E-state index in [-0.39, 0.29) is 4.91 Å². The number of carbonyl (C=O) groups is 1. The number of para-hydroxylation sites is 1. The maximum atomic E-state index is 12.5. The van der Waals surface area contributed by atoms with Crippen molar-refractivity contribution in [2.45, 2.75) is 6.04 Å². The number of nitrogens with zero attached hydrogens (tertiary/aromatic N) is 1. The Labute approximate surface area is 134 Å². The summed E-state index contributed by atoms with van der Waals surface area (Å²) in [6.45, 7) is 0. The molecule has 0 aromatic heterocycles. The first kappa shape index (κ1) is 15.3. The van der Waals surface area contributed by atoms with Crippen LogP contribution in [0.2, 0.25) is 0 Å². The molecule has 1 N–H and O–H groups in total. The van der Waals surface area contributed by atoms with E-state index in [0.717, 1.165) is 6.26 Å². The lowest BCUT2D eigenvalue weighted by atomic mass is 10.1. The number of rotatable bonds is 3. The zero-order valence-electron chi connectivity index (χ0n) is 12.4. The van der Waals surface area contributed by atoms with Gasteiger partial charge in [-0.3, -0.25) is 9.69 Å². The Morgan fingerprint density at radius 1 is 0.957 bits per heavy atom. The fraction of sp³-hybridized carbons (Fsp3) is 0.118. The van der Waals surface area contributed by atoms with Crippen LogP contribution in [-0.2, 0) is 14.6 Å². The first-order valence-corrected chi connectivity index (χ1v) is 8.87. The van der Waals surface area contributed by atoms with E-state index < -0.39 is 27.5 Å². The Morgan fingerprint density at radius 3 is 2.00 bits per heavy atom. The summed E-state index contributed by atoms with van der Waals surface area (Å²) in [6, 6.07) is 16.6. The Bertz CT molecular complexity index is 873. The van der Waals surface area contributed by atoms with Gasteiger partial charge in [-0.05, 0) is 17.7 Å². The topological polar surface area (TPSA) is 74.7 Å². The summed E-state index contributed by atoms with van der Waals surface area (Å²) < 4.78 is 24.3. The Balaban J connectivity index is 2.24. The SMILES string of the molecule is CS(=O)(=O)C1=C(O)C(=O)N(c2ccccc2)[C@@H]1c1ccccc1. The number of amides is 1. The molecule has 0 fully saturated rings. The molecule has 6 heteroatoms. The number of carbonyl (C=O) groups excluding carboxylic acids is 1. The van der Waals surface area contributed by atoms with Crippen molar-refractivity contribution in [3.63, 3.8) is 0 Å². The maximum Gasteiger partial charge on any atom is 0.295 e. The van der Waals surface area contributed by atoms with Gasteiger partial charge in [0, 0.05) is 11.9 Å². The van der Waals surface area contributed by atoms with Crippen molar-refractivity contribution in [2.75, 3.05) is 11.2 Å². The van der Waals surface area contributed by atoms with Crippen molar-refractivity contribution >= 4 is 21.4 Å². The minimum atomic E-state index is -3.76. The third-order valence-electron chi connectivity index (χ3n) is 3.71. The molecule has 118 valence electrons. The lowest BCUT2D eigenvalue weighted by Gasteiger charge is -2.26. The molecule has 2 aromatic carbocycles. The van der Waals surface area contributed by atoms with Gasteiger partial charge in [0.25, 0.3) is 5.91 Å². The van der Waals surface area contributed by atoms with Crippen LogP contribution >= 0.6 is 0 Å². The highest BCUT2D eigenvalue weighted by atomic mass is 32.2. The summed E-state index contributed by atoms with van der Waals surface area (Å²) in [7, 11) is -3.76. The van der Waals surface area contributed by atoms with Gasteiger partial charge < -0.3 is 5.11 Å². The van der Waals surface area contributed by atoms with Crippen LogP contribution in [-0.4, -0.2) is 25.7 Å². The first-order chi connectivity index (χ1) is 10.9. The van der Waals surface area contributed by atoms with Gasteiger partial charge in [0.15, 0.2) is 15.6 Å². The molecule has 1 heterocycles. The standard InChI is InChI=1S/C17H15NO4S/c1-23(21,22)16-14(12-8-4-2-5-9-12)18(17(20)15(16)19)13-10-6-3-7-11-13/h2-11,14,19H,1H3/t14-/m1/s1. The van der Waals surface area contributed by atoms with Gasteiger partial charge in [-0.2, -0.15) is 0 Å². The molecule has 0 saturated heterocycles. The van der Waals surface area contributed by atoms with Gasteiger partial charge in [0.05, 0.1) is 0 Å². The number of aliphatic hydroxyl groups is 1. The second-order valence-corrected chi connectivity index (χ2v) is 7.29. The molecule has 5 nitrogen and oxygen atoms in total. The molecule has 23 heavy (non-hydrogen) atoms. The predicted molar refractivity (Wildman–Crippen MR) is 87.6 cm³/mol. The van der Waals surface area contributed by atoms with E-state index in [4.69, 9.17) is 0 Å². The molecule has 3 rings (SSSR count). The normalized spacial score (nSPS) is 18.6. The second kappa shape index (κ2) is 5.55. The fourth-order valence-corrected chi connectivity index (χ4v) is 3.84. The van der Waals surface area contributed by atoms with E-state index in [1.54, 1.807) is 60.7 Å². The van der Waals surface area contributed by atoms with Gasteiger partial charge in [-0.1, -0.05) is 48.5 Å². The van der Waals surface area contributed by atoms with Gasteiger partial charge in [0.2, 0.25) is 0 Å². The third-order valence-corrected chi connectivity index (χ3v) is 4.93. The summed E-state index contributed by atoms with van der Waals surface area (Å²) in [5, 5.41) is 10.2. The number of hydrogen-bond acceptors (Lipinski definition) is 4. The summed E-state index contributed by atoms with van der Waals surface area (Å²) in [5.74, 6) is -1.43. The van der Waals surface area contributed by atoms with Crippen LogP contribution in [0.15, 0.2) is 71.3 Å². The first-order valence-electron chi connectivity index (χ1n) is 6.98. The molecule has 1 amide bonds. The second-order valence-electron chi connectivity index (χ2n) is 5.31. The molecule has 0 saturated carbocycles. The van der Waals surface area contributed by atoms with Gasteiger partial charge in [-0.15, -0.1) is 0 Å². The van der Waals surface area contributed by atoms with Gasteiger partial charge >= 0.3 is 0 Å². The maximum absolute atomic E-state index is 12.5. The van der Waals surface area contributed by atoms with Crippen LogP contribution in [0, 0.1) is 0 Å². The van der Waals surface area contributed by atoms with Crippen LogP contribution < -0.4 is 4.90 Å². The highest BCUT2D eigenvalue weighted by Crippen LogP contribution is 2.42. The molecule has 0 aliphatic carbocycles. The zero-order valence-corrected chi connectivity index (χ0v) is 13.2. The number of aliphatic hydroxyl groups excluding tert-OH is 1. The molecule has 1 atom stereocenters. The van der Waals surface area contributed by atoms with Crippen molar-refractivity contribution in [1.29, 1.82) is 0 Å². The molecule has 0 unspecified atom stereocenters. The van der Waals surface area contributed by atoms with E-state index in [1.165, 1.54) is 4.90 Å². The van der Waals surface area contributed by atoms with Crippen LogP contribution in [0.5, 0.6) is 0 Å². The highest BCUT2D eigenvalue weighted by molar-refractivity contribution is 7.94. The number of hydrogen-bond donors (Lipinski definition) is 1. The van der Waals surface area contributed by atoms with Crippen LogP contribution in [0.3, 0.4) is 0 Å². The van der Waals surface area contributed by atoms with Crippen LogP contribution in [0.1, 0.15) is 11.6 Å². The van der Waals surface area contributed by atoms with Crippen molar-refractivity contribution in [3.05, 3.63) is 76.9 Å². The molecule has 0 bridgehead atoms. The molecule has 0 radical (unpaired) electrons. The largest absolute Gasteiger partial charge is 0.502 e. The molecule has 1 aliphatic heterocycles. The highest BCUT2D eigenvalue weighted by Gasteiger charge is 2.45. The minimum Gasteiger partial charge on any atom is -0.502 e. The van der Waals surface area contributed by atoms with E-state index in [9.17, 15) is 18.3 Å². The summed E-state index contributed by atoms with van der Waals surface area (Å²) in [6.07, 6.45) is 0.996. The van der Waals surface area contributed by atoms with Gasteiger partial charge in [0.1, 0.15) is 10.9 Å². The zero-order chi connectivity index (χ0) is 16.6. The minimum absolute atomic E-state index is 0.266. The third kappa shape index (κ3) is 2.61. The fourth-order valence-electron chi connectivity index (χ4n) is 2.75. The predicted octanol–water partition coefficient (Wildman–Crippen LogP) is 2.59. The van der Waals surface area contributed by atoms with Crippen molar-refractivity contribution in [1.82, 2.24) is 0 Å². The van der Waals surface area contributed by atoms with E-state index in [2.05, 4.69) is 0 Å². The Morgan fingerprint density at radius 2 is 1.48 bits per heavy atom. The van der Waals surface area contributed by atoms with Crippen LogP contribution in [0.25, 0.3) is 0 Å². The van der Waals surface area contributed by atoms with E-state index in [1.807, 2.05) is 0 Å². The number of anilines is 1. The summed E-state index contributed by atoms with van der Waals surface area (Å²) in [5.41, 5.74) is 1.14. The molecular formula is C17H15NO4S. The average molecular weight is 329 g/mol. The molecular weight excluding hydrogens is 314 g/mol. The summed E-state index contributed by atoms with van der Waals surface area (Å²) in [4.78, 5) is 13.5. The van der Waals surface area contributed by atoms with E-state index in [0.29, 0.717) is 11.3 Å².